The fraction of sp³-hybridized carbons (Fsp3) is 0.526. The quantitative estimate of drug-likeness (QED) is 0.762. The average molecular weight is 379 g/mol. The molecule has 2 aliphatic rings. The highest BCUT2D eigenvalue weighted by molar-refractivity contribution is 6.33. The molecule has 1 aromatic carbocycles. The molecule has 0 aliphatic carbocycles. The molecule has 6 nitrogen and oxygen atoms in total. The molecule has 0 bridgehead atoms. The van der Waals surface area contributed by atoms with Crippen LogP contribution >= 0.6 is 11.6 Å². The lowest BCUT2D eigenvalue weighted by molar-refractivity contribution is 0.0241. The van der Waals surface area contributed by atoms with Gasteiger partial charge in [-0.25, -0.2) is 4.79 Å². The molecule has 1 saturated heterocycles. The van der Waals surface area contributed by atoms with Gasteiger partial charge in [-0.2, -0.15) is 0 Å². The number of benzene rings is 1. The Morgan fingerprint density at radius 3 is 2.69 bits per heavy atom. The molecule has 7 heteroatoms. The molecular weight excluding hydrogens is 356 g/mol. The van der Waals surface area contributed by atoms with Gasteiger partial charge < -0.3 is 13.9 Å². The molecule has 1 fully saturated rings. The van der Waals surface area contributed by atoms with Crippen LogP contribution in [-0.4, -0.2) is 55.9 Å². The monoisotopic (exact) mass is 378 g/mol. The van der Waals surface area contributed by atoms with Gasteiger partial charge in [-0.05, 0) is 18.1 Å². The predicted molar refractivity (Wildman–Crippen MR) is 100 cm³/mol. The molecule has 0 saturated carbocycles. The fourth-order valence-corrected chi connectivity index (χ4v) is 3.92. The largest absolute Gasteiger partial charge is 0.476 e. The van der Waals surface area contributed by atoms with Crippen molar-refractivity contribution in [2.45, 2.75) is 19.9 Å². The van der Waals surface area contributed by atoms with Crippen molar-refractivity contribution in [1.29, 1.82) is 0 Å². The van der Waals surface area contributed by atoms with E-state index in [-0.39, 0.29) is 5.63 Å². The maximum absolute atomic E-state index is 12.0. The Labute approximate surface area is 157 Å². The molecule has 0 unspecified atom stereocenters. The van der Waals surface area contributed by atoms with Gasteiger partial charge in [-0.3, -0.25) is 9.80 Å². The van der Waals surface area contributed by atoms with Gasteiger partial charge in [0.1, 0.15) is 18.1 Å². The van der Waals surface area contributed by atoms with Gasteiger partial charge >= 0.3 is 5.63 Å². The van der Waals surface area contributed by atoms with E-state index < -0.39 is 0 Å². The smallest absolute Gasteiger partial charge is 0.336 e. The van der Waals surface area contributed by atoms with Crippen LogP contribution in [0.25, 0.3) is 11.0 Å². The predicted octanol–water partition coefficient (Wildman–Crippen LogP) is 2.49. The summed E-state index contributed by atoms with van der Waals surface area (Å²) in [6.07, 6.45) is 0.749. The van der Waals surface area contributed by atoms with E-state index in [1.54, 1.807) is 6.07 Å². The second-order valence-electron chi connectivity index (χ2n) is 6.77. The molecule has 1 aromatic heterocycles. The van der Waals surface area contributed by atoms with Gasteiger partial charge in [0, 0.05) is 44.2 Å². The maximum atomic E-state index is 12.0. The number of ether oxygens (including phenoxy) is 2. The Balaban J connectivity index is 1.61. The van der Waals surface area contributed by atoms with Gasteiger partial charge in [0.05, 0.1) is 23.8 Å². The van der Waals surface area contributed by atoms with E-state index in [0.29, 0.717) is 29.6 Å². The van der Waals surface area contributed by atoms with Crippen molar-refractivity contribution in [3.63, 3.8) is 0 Å². The highest BCUT2D eigenvalue weighted by Crippen LogP contribution is 2.39. The second-order valence-corrected chi connectivity index (χ2v) is 7.17. The minimum absolute atomic E-state index is 0.329. The topological polar surface area (TPSA) is 55.2 Å². The Morgan fingerprint density at radius 2 is 1.92 bits per heavy atom. The molecule has 3 heterocycles. The van der Waals surface area contributed by atoms with E-state index in [1.165, 1.54) is 0 Å². The average Bonchev–Trinajstić information content (AvgIpc) is 2.67. The second kappa shape index (κ2) is 7.56. The van der Waals surface area contributed by atoms with Gasteiger partial charge in [-0.1, -0.05) is 18.5 Å². The van der Waals surface area contributed by atoms with Gasteiger partial charge in [0.25, 0.3) is 0 Å². The lowest BCUT2D eigenvalue weighted by Crippen LogP contribution is -2.43. The van der Waals surface area contributed by atoms with E-state index in [9.17, 15) is 4.79 Å². The molecule has 0 atom stereocenters. The first-order valence-corrected chi connectivity index (χ1v) is 9.47. The zero-order valence-electron chi connectivity index (χ0n) is 14.9. The summed E-state index contributed by atoms with van der Waals surface area (Å²) in [6, 6.07) is 3.39. The molecule has 26 heavy (non-hydrogen) atoms. The van der Waals surface area contributed by atoms with Gasteiger partial charge in [0.15, 0.2) is 0 Å². The lowest BCUT2D eigenvalue weighted by atomic mass is 10.0. The molecule has 2 aromatic rings. The number of halogens is 1. The number of fused-ring (bicyclic) bond motifs is 3. The number of morpholine rings is 1. The minimum Gasteiger partial charge on any atom is -0.476 e. The number of aryl methyl sites for hydroxylation is 1. The van der Waals surface area contributed by atoms with Crippen LogP contribution in [0.4, 0.5) is 0 Å². The van der Waals surface area contributed by atoms with Crippen LogP contribution in [0.1, 0.15) is 18.1 Å². The van der Waals surface area contributed by atoms with E-state index in [2.05, 4.69) is 9.80 Å². The zero-order valence-corrected chi connectivity index (χ0v) is 15.7. The Bertz CT molecular complexity index is 861. The number of hydrogen-bond donors (Lipinski definition) is 0. The van der Waals surface area contributed by atoms with Gasteiger partial charge in [-0.15, -0.1) is 0 Å². The summed E-state index contributed by atoms with van der Waals surface area (Å²) in [7, 11) is 0. The van der Waals surface area contributed by atoms with Crippen LogP contribution in [0, 0.1) is 0 Å². The molecule has 0 spiro atoms. The van der Waals surface area contributed by atoms with Crippen LogP contribution < -0.4 is 10.4 Å². The first-order valence-electron chi connectivity index (χ1n) is 9.09. The minimum atomic E-state index is -0.329. The molecular formula is C19H23ClN2O4. The summed E-state index contributed by atoms with van der Waals surface area (Å²) in [4.78, 5) is 16.6. The highest BCUT2D eigenvalue weighted by atomic mass is 35.5. The SMILES string of the molecule is CCc1cc(=O)oc2c3c(c(Cl)cc12)OCN(CCN1CCOCC1)C3. The van der Waals surface area contributed by atoms with Crippen LogP contribution in [0.15, 0.2) is 21.3 Å². The van der Waals surface area contributed by atoms with Crippen molar-refractivity contribution in [2.75, 3.05) is 46.1 Å². The molecule has 2 aliphatic heterocycles. The summed E-state index contributed by atoms with van der Waals surface area (Å²) >= 11 is 6.45. The van der Waals surface area contributed by atoms with E-state index in [1.807, 2.05) is 13.0 Å². The van der Waals surface area contributed by atoms with Crippen molar-refractivity contribution in [3.05, 3.63) is 38.7 Å². The Hall–Kier alpha value is -1.60. The van der Waals surface area contributed by atoms with Gasteiger partial charge in [0.2, 0.25) is 0 Å². The van der Waals surface area contributed by atoms with E-state index in [0.717, 1.165) is 62.3 Å². The third-order valence-electron chi connectivity index (χ3n) is 5.11. The summed E-state index contributed by atoms with van der Waals surface area (Å²) < 4.78 is 16.9. The zero-order chi connectivity index (χ0) is 18.1. The van der Waals surface area contributed by atoms with Crippen molar-refractivity contribution in [1.82, 2.24) is 9.80 Å². The lowest BCUT2D eigenvalue weighted by Gasteiger charge is -2.33. The molecule has 140 valence electrons. The van der Waals surface area contributed by atoms with Crippen molar-refractivity contribution in [2.24, 2.45) is 0 Å². The normalized spacial score (nSPS) is 18.7. The fourth-order valence-electron chi connectivity index (χ4n) is 3.64. The van der Waals surface area contributed by atoms with E-state index in [4.69, 9.17) is 25.5 Å². The summed E-state index contributed by atoms with van der Waals surface area (Å²) in [5.41, 5.74) is 2.09. The number of rotatable bonds is 4. The highest BCUT2D eigenvalue weighted by Gasteiger charge is 2.25. The van der Waals surface area contributed by atoms with E-state index >= 15 is 0 Å². The van der Waals surface area contributed by atoms with Crippen molar-refractivity contribution in [3.8, 4) is 5.75 Å². The summed E-state index contributed by atoms with van der Waals surface area (Å²) in [5, 5.41) is 1.47. The van der Waals surface area contributed by atoms with Crippen molar-refractivity contribution >= 4 is 22.6 Å². The molecule has 0 radical (unpaired) electrons. The Kier molecular flexibility index (Phi) is 5.18. The first-order chi connectivity index (χ1) is 12.7. The Morgan fingerprint density at radius 1 is 1.15 bits per heavy atom. The summed E-state index contributed by atoms with van der Waals surface area (Å²) in [6.45, 7) is 8.54. The maximum Gasteiger partial charge on any atom is 0.336 e. The van der Waals surface area contributed by atoms with Crippen LogP contribution in [0.3, 0.4) is 0 Å². The van der Waals surface area contributed by atoms with Crippen LogP contribution in [-0.2, 0) is 17.7 Å². The third kappa shape index (κ3) is 3.47. The third-order valence-corrected chi connectivity index (χ3v) is 5.39. The summed E-state index contributed by atoms with van der Waals surface area (Å²) in [5.74, 6) is 0.637. The number of hydrogen-bond acceptors (Lipinski definition) is 6. The van der Waals surface area contributed by atoms with Crippen LogP contribution in [0.5, 0.6) is 5.75 Å². The molecule has 0 N–H and O–H groups in total. The molecule has 0 amide bonds. The first kappa shape index (κ1) is 17.8. The molecule has 4 rings (SSSR count). The number of nitrogens with zero attached hydrogens (tertiary/aromatic N) is 2. The van der Waals surface area contributed by atoms with Crippen molar-refractivity contribution < 1.29 is 13.9 Å². The van der Waals surface area contributed by atoms with Crippen LogP contribution in [0.2, 0.25) is 5.02 Å². The standard InChI is InChI=1S/C19H23ClN2O4/c1-2-13-9-17(23)26-18-14(13)10-16(20)19-15(18)11-22(12-25-19)4-3-21-5-7-24-8-6-21/h9-10H,2-8,11-12H2,1H3.